The molecule has 3 aromatic carbocycles. The Morgan fingerprint density at radius 1 is 0.434 bits per heavy atom. The molecule has 0 bridgehead atoms. The van der Waals surface area contributed by atoms with Crippen molar-refractivity contribution in [3.8, 4) is 32.3 Å². The molecule has 22 N–H and O–H groups in total. The highest BCUT2D eigenvalue weighted by molar-refractivity contribution is 7.16. The predicted octanol–water partition coefficient (Wildman–Crippen LogP) is 4.73. The largest absolute Gasteiger partial charge is 0.370 e. The summed E-state index contributed by atoms with van der Waals surface area (Å²) < 4.78 is 3.27. The number of nitrogens with zero attached hydrogens (tertiary/aromatic N) is 8. The molecular weight excluding hydrogens is 1870 g/mol. The number of hydrogen-bond acceptors (Lipinski definition) is 24. The summed E-state index contributed by atoms with van der Waals surface area (Å²) in [6, 6.07) is 16.9. The second-order valence-electron chi connectivity index (χ2n) is 38.3. The highest BCUT2D eigenvalue weighted by Crippen LogP contribution is 2.42. The van der Waals surface area contributed by atoms with Crippen molar-refractivity contribution >= 4 is 144 Å². The van der Waals surface area contributed by atoms with E-state index in [-0.39, 0.29) is 76.5 Å². The van der Waals surface area contributed by atoms with Gasteiger partial charge in [-0.2, -0.15) is 0 Å². The Hall–Kier alpha value is -14.3. The second kappa shape index (κ2) is 48.0. The monoisotopic (exact) mass is 1990 g/mol. The fraction of sp³-hybridized carbons (Fsp3) is 0.465. The fourth-order valence-electron chi connectivity index (χ4n) is 20.5. The Bertz CT molecular complexity index is 6230. The highest BCUT2D eigenvalue weighted by Gasteiger charge is 2.50. The van der Waals surface area contributed by atoms with Crippen LogP contribution in [0.25, 0.3) is 59.6 Å². The van der Waals surface area contributed by atoms with Gasteiger partial charge in [-0.1, -0.05) is 134 Å². The van der Waals surface area contributed by atoms with Gasteiger partial charge in [0.2, 0.25) is 82.7 Å². The van der Waals surface area contributed by atoms with E-state index in [9.17, 15) is 57.5 Å². The van der Waals surface area contributed by atoms with E-state index in [0.29, 0.717) is 73.9 Å². The van der Waals surface area contributed by atoms with Crippen molar-refractivity contribution in [2.45, 2.75) is 246 Å². The van der Waals surface area contributed by atoms with E-state index < -0.39 is 217 Å². The van der Waals surface area contributed by atoms with Gasteiger partial charge in [0, 0.05) is 126 Å². The smallest absolute Gasteiger partial charge is 0.243 e. The molecule has 143 heavy (non-hydrogen) atoms. The van der Waals surface area contributed by atoms with Crippen LogP contribution in [-0.4, -0.2) is 231 Å². The number of carbonyl (C=O) groups excluding carboxylic acids is 16. The number of aromatic nitrogens is 8. The number of amides is 14. The minimum Gasteiger partial charge on any atom is -0.370 e. The van der Waals surface area contributed by atoms with Gasteiger partial charge in [0.25, 0.3) is 0 Å². The third kappa shape index (κ3) is 26.4. The number of ketones is 2. The molecule has 4 aliphatic heterocycles. The Kier molecular flexibility index (Phi) is 34.6. The number of rotatable bonds is 18. The number of fused-ring (bicyclic) bond motifs is 4. The number of carbonyl (C=O) groups is 16. The fourth-order valence-corrected chi connectivity index (χ4v) is 22.2. The maximum absolute atomic E-state index is 15.4. The van der Waals surface area contributed by atoms with E-state index in [4.69, 9.17) is 34.4 Å². The summed E-state index contributed by atoms with van der Waals surface area (Å²) in [5.41, 5.74) is 42.4. The average Bonchev–Trinajstić information content (AvgIpc) is 1.63. The van der Waals surface area contributed by atoms with Crippen LogP contribution in [0.5, 0.6) is 0 Å². The Labute approximate surface area is 832 Å². The van der Waals surface area contributed by atoms with Crippen LogP contribution in [-0.2, 0) is 89.6 Å². The molecular formula is C101H124N24O16S2. The summed E-state index contributed by atoms with van der Waals surface area (Å²) >= 11 is 3.21. The van der Waals surface area contributed by atoms with E-state index >= 15 is 19.2 Å². The summed E-state index contributed by atoms with van der Waals surface area (Å²) in [6.07, 6.45) is 20.4. The molecule has 9 aromatic rings. The number of hydrogen-bond donors (Lipinski definition) is 16. The van der Waals surface area contributed by atoms with Gasteiger partial charge in [-0.15, -0.1) is 32.9 Å². The van der Waals surface area contributed by atoms with E-state index in [2.05, 4.69) is 85.3 Å². The lowest BCUT2D eigenvalue weighted by Crippen LogP contribution is -2.57. The maximum atomic E-state index is 15.4. The summed E-state index contributed by atoms with van der Waals surface area (Å²) in [7, 11) is 0. The summed E-state index contributed by atoms with van der Waals surface area (Å²) in [5.74, 6) is -13.7. The molecule has 4 saturated heterocycles. The van der Waals surface area contributed by atoms with Gasteiger partial charge in [0.1, 0.15) is 47.6 Å². The highest BCUT2D eigenvalue weighted by atomic mass is 32.1. The van der Waals surface area contributed by atoms with Gasteiger partial charge >= 0.3 is 0 Å². The van der Waals surface area contributed by atoms with Gasteiger partial charge in [-0.3, -0.25) is 76.7 Å². The first kappa shape index (κ1) is 103. The summed E-state index contributed by atoms with van der Waals surface area (Å²) in [6.45, 7) is 0.261. The van der Waals surface area contributed by atoms with Crippen LogP contribution in [0.3, 0.4) is 0 Å². The molecule has 14 amide bonds. The number of nitrogens with one attached hydrogen (secondary N) is 10. The lowest BCUT2D eigenvalue weighted by molar-refractivity contribution is -0.146. The molecule has 16 rings (SSSR count). The first-order chi connectivity index (χ1) is 68.9. The van der Waals surface area contributed by atoms with Gasteiger partial charge in [0.15, 0.2) is 11.6 Å². The number of Topliss-reactive ketones (excluding diaryl/α,β-unsaturated/α-hetero) is 2. The van der Waals surface area contributed by atoms with E-state index in [1.165, 1.54) is 15.4 Å². The van der Waals surface area contributed by atoms with Crippen molar-refractivity contribution in [2.75, 3.05) is 26.2 Å². The van der Waals surface area contributed by atoms with Gasteiger partial charge in [-0.05, 0) is 140 Å². The standard InChI is InChI=1S/C51H62N12O8S.C50H62N12O8S/c52-36-24-46(66)55-19-7-6-13-38(47(54)67)57-49(69)40(21-32-26-56-37-12-5-4-11-34(32)37)59-50(70)42-22-33(63-28-41(60-61-63)30-15-17-31(18-16-30)44-14-8-20-72-44)27-62(42)51(71)35(29-9-2-1-3-10-29)23-43(64)39(25-45(53)65)58-48(36)68;51-34-23-45(65)54-19-9-8-16-36(46(53)66)56-48(68)38(20-30-25-55-35-15-7-6-14-32(30)35)58-49(69)40-21-31(62-27-39(59-60-62)43-18-17-42(71-43)29-12-4-5-13-29)26-61(40)50(70)33(28-10-2-1-3-11-28)22-41(63)37(24-44(52)64)57-47(34)67/h4-5,8,11-12,14-18,20,26,28-29,33,35-36,38-40,42,56H,1-3,6-7,9-10,13,19,21-25,27,52H2,(H2,53,65)(H2,54,67)(H,55,66)(H,57,69)(H,58,68)(H,59,70);4-7,12,14-15,17-18,25,27-28,31,33-34,36-38,40,55H,1-3,8-11,13,16,19-24,26,51H2,(H2,52,64)(H2,53,66)(H,54,65)(H,56,68)(H,57,67)(H,58,69)/t33-,35-,36-,38-,39-,40-,42-;31-,33-,34-,36-,37-,38-,40-/m00/s1. The van der Waals surface area contributed by atoms with Crippen LogP contribution in [0, 0.1) is 23.7 Å². The molecule has 0 unspecified atom stereocenters. The van der Waals surface area contributed by atoms with E-state index in [0.717, 1.165) is 92.5 Å². The van der Waals surface area contributed by atoms with Crippen LogP contribution < -0.4 is 76.9 Å². The Morgan fingerprint density at radius 3 is 1.32 bits per heavy atom. The molecule has 42 heteroatoms. The molecule has 40 nitrogen and oxygen atoms in total. The molecule has 756 valence electrons. The van der Waals surface area contributed by atoms with Crippen molar-refractivity contribution in [2.24, 2.45) is 58.1 Å². The number of benzene rings is 3. The van der Waals surface area contributed by atoms with Crippen LogP contribution in [0.15, 0.2) is 145 Å². The average molecular weight is 1990 g/mol. The third-order valence-electron chi connectivity index (χ3n) is 28.3. The number of aromatic amines is 2. The zero-order valence-corrected chi connectivity index (χ0v) is 81.0. The van der Waals surface area contributed by atoms with E-state index in [1.807, 2.05) is 109 Å². The van der Waals surface area contributed by atoms with Crippen molar-refractivity contribution in [3.05, 3.63) is 161 Å². The van der Waals surface area contributed by atoms with Gasteiger partial charge in [-0.25, -0.2) is 9.36 Å². The quantitative estimate of drug-likeness (QED) is 0.0552. The van der Waals surface area contributed by atoms with Gasteiger partial charge < -0.3 is 96.7 Å². The third-order valence-corrected chi connectivity index (χ3v) is 30.4. The Balaban J connectivity index is 0.000000215. The minimum atomic E-state index is -1.45. The number of H-pyrrole nitrogens is 2. The van der Waals surface area contributed by atoms with Crippen LogP contribution in [0.1, 0.15) is 189 Å². The first-order valence-corrected chi connectivity index (χ1v) is 50.9. The maximum Gasteiger partial charge on any atom is 0.243 e. The van der Waals surface area contributed by atoms with Crippen molar-refractivity contribution in [1.82, 2.24) is 92.3 Å². The molecule has 0 radical (unpaired) electrons. The normalized spacial score (nSPS) is 25.5. The summed E-state index contributed by atoms with van der Waals surface area (Å²) in [5, 5.41) is 43.5. The molecule has 0 spiro atoms. The lowest BCUT2D eigenvalue weighted by Gasteiger charge is -2.35. The molecule has 14 atom stereocenters. The van der Waals surface area contributed by atoms with Crippen LogP contribution >= 0.6 is 22.7 Å². The zero-order valence-electron chi connectivity index (χ0n) is 79.4. The van der Waals surface area contributed by atoms with Crippen molar-refractivity contribution in [3.63, 3.8) is 0 Å². The minimum absolute atomic E-state index is 0.000290. The molecule has 2 saturated carbocycles. The SMILES string of the molecule is NC(=O)C[C@@H]1NC(=O)[C@@H](N)CC(=O)NCCCC[C@@H](C(N)=O)NC(=O)[C@H](Cc2c[nH]c3ccccc23)NC(=O)[C@@H]2C[C@H](n3cc(-c4ccc(-c5cccs5)cc4)nn3)CN2C(=O)[C@H](C2CCCCC2)CC1=O.NC(=O)C[C@@H]1NC(=O)[C@@H](N)CC(=O)NCCCC[C@@H](C(N)=O)NC(=O)[C@H](Cc2c[nH]c3ccccc23)NC(=O)[C@@H]2C[C@H](n3cc(-c4ccc(C5=CC=CC5)s4)nn3)CN2C(=O)[C@H](C2CCCCC2)CC1=O. The summed E-state index contributed by atoms with van der Waals surface area (Å²) in [4.78, 5) is 234. The molecule has 7 aliphatic rings. The van der Waals surface area contributed by atoms with Crippen LogP contribution in [0.2, 0.25) is 0 Å². The van der Waals surface area contributed by atoms with E-state index in [1.54, 1.807) is 56.8 Å². The number of allylic oxidation sites excluding steroid dienone is 4. The zero-order chi connectivity index (χ0) is 101. The van der Waals surface area contributed by atoms with Crippen molar-refractivity contribution < 1.29 is 76.7 Å². The topological polar surface area (TPSA) is 625 Å². The molecule has 6 fully saturated rings. The number of primary amides is 4. The van der Waals surface area contributed by atoms with Crippen molar-refractivity contribution in [1.29, 1.82) is 0 Å². The predicted molar refractivity (Wildman–Crippen MR) is 532 cm³/mol. The van der Waals surface area contributed by atoms with Gasteiger partial charge in [0.05, 0.1) is 79.2 Å². The molecule has 3 aliphatic carbocycles. The number of para-hydroxylation sites is 2. The first-order valence-electron chi connectivity index (χ1n) is 49.2. The lowest BCUT2D eigenvalue weighted by atomic mass is 9.76. The molecule has 10 heterocycles. The molecule has 6 aromatic heterocycles. The number of nitrogens with two attached hydrogens (primary N) is 6. The second-order valence-corrected chi connectivity index (χ2v) is 40.3. The van der Waals surface area contributed by atoms with Crippen LogP contribution in [0.4, 0.5) is 0 Å². The number of thiophene rings is 2. The Morgan fingerprint density at radius 2 is 0.874 bits per heavy atom.